The van der Waals surface area contributed by atoms with Gasteiger partial charge in [-0.25, -0.2) is 0 Å². The van der Waals surface area contributed by atoms with Gasteiger partial charge in [-0.3, -0.25) is 9.80 Å². The number of aliphatic hydroxyl groups excluding tert-OH is 1. The predicted octanol–water partition coefficient (Wildman–Crippen LogP) is 1.46. The number of fused-ring (bicyclic) bond motifs is 1. The van der Waals surface area contributed by atoms with Crippen LogP contribution in [0.15, 0.2) is 0 Å². The van der Waals surface area contributed by atoms with Crippen molar-refractivity contribution in [1.29, 1.82) is 0 Å². The maximum Gasteiger partial charge on any atom is 0.0695 e. The third kappa shape index (κ3) is 2.51. The number of nitrogens with zero attached hydrogens (tertiary/aromatic N) is 2. The molecule has 0 aromatic carbocycles. The first kappa shape index (κ1) is 11.9. The van der Waals surface area contributed by atoms with Gasteiger partial charge in [-0.2, -0.15) is 0 Å². The molecule has 2 aliphatic heterocycles. The molecule has 1 aliphatic carbocycles. The topological polar surface area (TPSA) is 26.7 Å². The number of aliphatic hydroxyl groups is 1. The lowest BCUT2D eigenvalue weighted by molar-refractivity contribution is -0.0299. The minimum atomic E-state index is -0.0566. The van der Waals surface area contributed by atoms with Crippen molar-refractivity contribution in [3.63, 3.8) is 0 Å². The fourth-order valence-corrected chi connectivity index (χ4v) is 4.00. The van der Waals surface area contributed by atoms with Gasteiger partial charge in [0, 0.05) is 31.7 Å². The number of hydrogen-bond donors (Lipinski definition) is 1. The molecule has 2 saturated heterocycles. The Balaban J connectivity index is 1.60. The van der Waals surface area contributed by atoms with Gasteiger partial charge in [-0.15, -0.1) is 0 Å². The Morgan fingerprint density at radius 1 is 0.765 bits per heavy atom. The summed E-state index contributed by atoms with van der Waals surface area (Å²) in [5, 5.41) is 10.2. The van der Waals surface area contributed by atoms with Crippen LogP contribution in [0.5, 0.6) is 0 Å². The van der Waals surface area contributed by atoms with Crippen LogP contribution in [0.2, 0.25) is 0 Å². The molecule has 3 nitrogen and oxygen atoms in total. The highest BCUT2D eigenvalue weighted by atomic mass is 16.3. The summed E-state index contributed by atoms with van der Waals surface area (Å²) < 4.78 is 0. The molecule has 3 unspecified atom stereocenters. The van der Waals surface area contributed by atoms with E-state index in [-0.39, 0.29) is 6.10 Å². The van der Waals surface area contributed by atoms with Crippen molar-refractivity contribution in [2.45, 2.75) is 63.1 Å². The van der Waals surface area contributed by atoms with Gasteiger partial charge in [0.2, 0.25) is 0 Å². The average molecular weight is 238 g/mol. The Morgan fingerprint density at radius 2 is 1.53 bits per heavy atom. The van der Waals surface area contributed by atoms with Gasteiger partial charge in [0.05, 0.1) is 6.10 Å². The molecule has 17 heavy (non-hydrogen) atoms. The molecular weight excluding hydrogens is 212 g/mol. The lowest BCUT2D eigenvalue weighted by Crippen LogP contribution is -2.59. The highest BCUT2D eigenvalue weighted by molar-refractivity contribution is 4.91. The van der Waals surface area contributed by atoms with Crippen LogP contribution >= 0.6 is 0 Å². The zero-order valence-electron chi connectivity index (χ0n) is 10.9. The highest BCUT2D eigenvalue weighted by Gasteiger charge is 2.35. The molecule has 0 amide bonds. The van der Waals surface area contributed by atoms with Gasteiger partial charge < -0.3 is 5.11 Å². The molecule has 3 atom stereocenters. The first-order valence-electron chi connectivity index (χ1n) is 7.51. The number of hydrogen-bond acceptors (Lipinski definition) is 3. The van der Waals surface area contributed by atoms with Crippen molar-refractivity contribution < 1.29 is 5.11 Å². The van der Waals surface area contributed by atoms with Crippen LogP contribution in [-0.2, 0) is 0 Å². The summed E-state index contributed by atoms with van der Waals surface area (Å²) in [6.45, 7) is 4.93. The van der Waals surface area contributed by atoms with E-state index in [0.29, 0.717) is 6.04 Å². The first-order valence-corrected chi connectivity index (χ1v) is 7.51. The molecule has 3 rings (SSSR count). The van der Waals surface area contributed by atoms with Gasteiger partial charge in [0.1, 0.15) is 0 Å². The molecule has 2 heterocycles. The number of piperazine rings is 1. The Hall–Kier alpha value is -0.120. The van der Waals surface area contributed by atoms with Gasteiger partial charge in [0.15, 0.2) is 0 Å². The van der Waals surface area contributed by atoms with E-state index >= 15 is 0 Å². The van der Waals surface area contributed by atoms with Gasteiger partial charge in [0.25, 0.3) is 0 Å². The van der Waals surface area contributed by atoms with Crippen LogP contribution in [0.3, 0.4) is 0 Å². The van der Waals surface area contributed by atoms with Crippen LogP contribution in [-0.4, -0.2) is 59.3 Å². The average Bonchev–Trinajstić information content (AvgIpc) is 2.39. The van der Waals surface area contributed by atoms with Crippen molar-refractivity contribution in [1.82, 2.24) is 9.80 Å². The van der Waals surface area contributed by atoms with Gasteiger partial charge >= 0.3 is 0 Å². The summed E-state index contributed by atoms with van der Waals surface area (Å²) in [5.74, 6) is 0. The summed E-state index contributed by atoms with van der Waals surface area (Å²) >= 11 is 0. The van der Waals surface area contributed by atoms with E-state index in [1.54, 1.807) is 0 Å². The summed E-state index contributed by atoms with van der Waals surface area (Å²) in [6.07, 6.45) is 8.89. The Kier molecular flexibility index (Phi) is 3.69. The SMILES string of the molecule is OC1CCCCC1N1CCN2CCCCC2C1. The van der Waals surface area contributed by atoms with Crippen molar-refractivity contribution >= 4 is 0 Å². The van der Waals surface area contributed by atoms with E-state index in [1.807, 2.05) is 0 Å². The number of rotatable bonds is 1. The number of piperidine rings is 1. The van der Waals surface area contributed by atoms with Crippen molar-refractivity contribution in [2.75, 3.05) is 26.2 Å². The molecule has 0 aromatic rings. The van der Waals surface area contributed by atoms with Crippen molar-refractivity contribution in [3.05, 3.63) is 0 Å². The highest BCUT2D eigenvalue weighted by Crippen LogP contribution is 2.28. The molecule has 1 N–H and O–H groups in total. The molecule has 3 fully saturated rings. The second kappa shape index (κ2) is 5.25. The van der Waals surface area contributed by atoms with E-state index in [0.717, 1.165) is 12.5 Å². The smallest absolute Gasteiger partial charge is 0.0695 e. The molecule has 3 aliphatic rings. The van der Waals surface area contributed by atoms with E-state index < -0.39 is 0 Å². The van der Waals surface area contributed by atoms with Crippen molar-refractivity contribution in [3.8, 4) is 0 Å². The maximum absolute atomic E-state index is 10.2. The fraction of sp³-hybridized carbons (Fsp3) is 1.00. The second-order valence-electron chi connectivity index (χ2n) is 6.10. The standard InChI is InChI=1S/C14H26N2O/c17-14-7-2-1-6-13(14)16-10-9-15-8-4-3-5-12(15)11-16/h12-14,17H,1-11H2. The van der Waals surface area contributed by atoms with E-state index in [1.165, 1.54) is 64.7 Å². The van der Waals surface area contributed by atoms with E-state index in [9.17, 15) is 5.11 Å². The van der Waals surface area contributed by atoms with Crippen molar-refractivity contribution in [2.24, 2.45) is 0 Å². The summed E-state index contributed by atoms with van der Waals surface area (Å²) in [5.41, 5.74) is 0. The summed E-state index contributed by atoms with van der Waals surface area (Å²) in [7, 11) is 0. The largest absolute Gasteiger partial charge is 0.391 e. The van der Waals surface area contributed by atoms with E-state index in [4.69, 9.17) is 0 Å². The molecule has 0 aromatic heterocycles. The lowest BCUT2D eigenvalue weighted by Gasteiger charge is -2.48. The quantitative estimate of drug-likeness (QED) is 0.749. The molecule has 1 saturated carbocycles. The van der Waals surface area contributed by atoms with Crippen LogP contribution < -0.4 is 0 Å². The Bertz CT molecular complexity index is 259. The molecule has 0 spiro atoms. The monoisotopic (exact) mass is 238 g/mol. The molecule has 0 bridgehead atoms. The third-order valence-electron chi connectivity index (χ3n) is 5.03. The zero-order chi connectivity index (χ0) is 11.7. The third-order valence-corrected chi connectivity index (χ3v) is 5.03. The maximum atomic E-state index is 10.2. The predicted molar refractivity (Wildman–Crippen MR) is 69.0 cm³/mol. The van der Waals surface area contributed by atoms with E-state index in [2.05, 4.69) is 9.80 Å². The summed E-state index contributed by atoms with van der Waals surface area (Å²) in [4.78, 5) is 5.27. The minimum absolute atomic E-state index is 0.0566. The molecule has 3 heteroatoms. The molecule has 98 valence electrons. The van der Waals surface area contributed by atoms with Crippen LogP contribution in [0, 0.1) is 0 Å². The zero-order valence-corrected chi connectivity index (χ0v) is 10.9. The van der Waals surface area contributed by atoms with Gasteiger partial charge in [-0.05, 0) is 32.2 Å². The van der Waals surface area contributed by atoms with Crippen LogP contribution in [0.1, 0.15) is 44.9 Å². The second-order valence-corrected chi connectivity index (χ2v) is 6.10. The normalized spacial score (nSPS) is 41.1. The lowest BCUT2D eigenvalue weighted by atomic mass is 9.89. The molecule has 0 radical (unpaired) electrons. The Morgan fingerprint density at radius 3 is 2.41 bits per heavy atom. The summed E-state index contributed by atoms with van der Waals surface area (Å²) in [6, 6.07) is 1.25. The van der Waals surface area contributed by atoms with Gasteiger partial charge in [-0.1, -0.05) is 19.3 Å². The van der Waals surface area contributed by atoms with Crippen LogP contribution in [0.4, 0.5) is 0 Å². The van der Waals surface area contributed by atoms with Crippen LogP contribution in [0.25, 0.3) is 0 Å². The molecular formula is C14H26N2O. The Labute approximate surface area is 105 Å². The minimum Gasteiger partial charge on any atom is -0.391 e. The fourth-order valence-electron chi connectivity index (χ4n) is 4.00. The first-order chi connectivity index (χ1) is 8.34.